The first kappa shape index (κ1) is 16.2. The van der Waals surface area contributed by atoms with E-state index in [1.54, 1.807) is 0 Å². The number of hydrogen-bond donors (Lipinski definition) is 3. The summed E-state index contributed by atoms with van der Waals surface area (Å²) in [6, 6.07) is 0.179. The van der Waals surface area contributed by atoms with Crippen molar-refractivity contribution in [2.75, 3.05) is 26.2 Å². The van der Waals surface area contributed by atoms with Gasteiger partial charge >= 0.3 is 6.03 Å². The predicted molar refractivity (Wildman–Crippen MR) is 82.0 cm³/mol. The Hall–Kier alpha value is -1.14. The number of nitrogens with one attached hydrogen (secondary N) is 3. The SMILES string of the molecule is CC(C)NC(=O)NC(=O)CN(CC1CCNCC1)C1CC1. The molecule has 0 spiro atoms. The van der Waals surface area contributed by atoms with Gasteiger partial charge in [-0.3, -0.25) is 15.0 Å². The van der Waals surface area contributed by atoms with Crippen molar-refractivity contribution in [3.05, 3.63) is 0 Å². The van der Waals surface area contributed by atoms with Crippen LogP contribution in [-0.4, -0.2) is 55.1 Å². The maximum atomic E-state index is 12.0. The molecule has 0 atom stereocenters. The normalized spacial score (nSPS) is 19.8. The van der Waals surface area contributed by atoms with Crippen molar-refractivity contribution in [1.29, 1.82) is 0 Å². The first-order chi connectivity index (χ1) is 10.0. The van der Waals surface area contributed by atoms with Gasteiger partial charge in [-0.1, -0.05) is 0 Å². The third kappa shape index (κ3) is 6.01. The van der Waals surface area contributed by atoms with Crippen LogP contribution in [0, 0.1) is 5.92 Å². The topological polar surface area (TPSA) is 73.5 Å². The molecule has 3 amide bonds. The van der Waals surface area contributed by atoms with Crippen LogP contribution in [0.1, 0.15) is 39.5 Å². The van der Waals surface area contributed by atoms with Gasteiger partial charge in [-0.2, -0.15) is 0 Å². The van der Waals surface area contributed by atoms with Crippen LogP contribution in [0.5, 0.6) is 0 Å². The van der Waals surface area contributed by atoms with Gasteiger partial charge in [-0.25, -0.2) is 4.79 Å². The number of hydrogen-bond acceptors (Lipinski definition) is 4. The van der Waals surface area contributed by atoms with E-state index >= 15 is 0 Å². The van der Waals surface area contributed by atoms with E-state index in [-0.39, 0.29) is 11.9 Å². The second-order valence-corrected chi connectivity index (χ2v) is 6.53. The number of rotatable bonds is 6. The highest BCUT2D eigenvalue weighted by Crippen LogP contribution is 2.28. The zero-order chi connectivity index (χ0) is 15.2. The van der Waals surface area contributed by atoms with Crippen LogP contribution in [0.2, 0.25) is 0 Å². The maximum absolute atomic E-state index is 12.0. The van der Waals surface area contributed by atoms with Crippen LogP contribution in [0.3, 0.4) is 0 Å². The molecule has 6 nitrogen and oxygen atoms in total. The molecule has 2 fully saturated rings. The molecule has 1 saturated carbocycles. The Labute approximate surface area is 127 Å². The molecule has 6 heteroatoms. The average Bonchev–Trinajstić information content (AvgIpc) is 3.22. The molecular weight excluding hydrogens is 268 g/mol. The predicted octanol–water partition coefficient (Wildman–Crippen LogP) is 0.685. The van der Waals surface area contributed by atoms with Crippen molar-refractivity contribution >= 4 is 11.9 Å². The summed E-state index contributed by atoms with van der Waals surface area (Å²) in [6.07, 6.45) is 4.71. The molecule has 1 aliphatic heterocycles. The third-order valence-electron chi connectivity index (χ3n) is 4.03. The van der Waals surface area contributed by atoms with Gasteiger partial charge in [0.05, 0.1) is 6.54 Å². The van der Waals surface area contributed by atoms with Gasteiger partial charge in [0.2, 0.25) is 5.91 Å². The molecule has 1 saturated heterocycles. The summed E-state index contributed by atoms with van der Waals surface area (Å²) in [6.45, 7) is 7.21. The molecule has 0 aromatic rings. The van der Waals surface area contributed by atoms with Crippen LogP contribution in [0.15, 0.2) is 0 Å². The average molecular weight is 296 g/mol. The van der Waals surface area contributed by atoms with Crippen LogP contribution >= 0.6 is 0 Å². The largest absolute Gasteiger partial charge is 0.336 e. The summed E-state index contributed by atoms with van der Waals surface area (Å²) >= 11 is 0. The summed E-state index contributed by atoms with van der Waals surface area (Å²) in [7, 11) is 0. The van der Waals surface area contributed by atoms with Gasteiger partial charge < -0.3 is 10.6 Å². The molecule has 3 N–H and O–H groups in total. The highest BCUT2D eigenvalue weighted by atomic mass is 16.2. The van der Waals surface area contributed by atoms with Crippen molar-refractivity contribution in [1.82, 2.24) is 20.9 Å². The van der Waals surface area contributed by atoms with Crippen molar-refractivity contribution in [3.63, 3.8) is 0 Å². The number of imide groups is 1. The lowest BCUT2D eigenvalue weighted by atomic mass is 9.97. The number of carbonyl (C=O) groups excluding carboxylic acids is 2. The highest BCUT2D eigenvalue weighted by Gasteiger charge is 2.32. The molecule has 21 heavy (non-hydrogen) atoms. The van der Waals surface area contributed by atoms with Crippen molar-refractivity contribution in [3.8, 4) is 0 Å². The second-order valence-electron chi connectivity index (χ2n) is 6.53. The standard InChI is InChI=1S/C15H28N4O2/c1-11(2)17-15(21)18-14(20)10-19(13-3-4-13)9-12-5-7-16-8-6-12/h11-13,16H,3-10H2,1-2H3,(H2,17,18,20,21). The number of urea groups is 1. The minimum absolute atomic E-state index is 0.0343. The number of amides is 3. The summed E-state index contributed by atoms with van der Waals surface area (Å²) in [5.41, 5.74) is 0. The van der Waals surface area contributed by atoms with Crippen LogP contribution in [0.4, 0.5) is 4.79 Å². The quantitative estimate of drug-likeness (QED) is 0.674. The Bertz CT molecular complexity index is 363. The van der Waals surface area contributed by atoms with Gasteiger partial charge in [0.1, 0.15) is 0 Å². The fourth-order valence-corrected chi connectivity index (χ4v) is 2.83. The van der Waals surface area contributed by atoms with E-state index in [1.807, 2.05) is 13.8 Å². The molecule has 0 bridgehead atoms. The Morgan fingerprint density at radius 1 is 1.19 bits per heavy atom. The fourth-order valence-electron chi connectivity index (χ4n) is 2.83. The Morgan fingerprint density at radius 3 is 2.43 bits per heavy atom. The Kier molecular flexibility index (Phi) is 5.99. The summed E-state index contributed by atoms with van der Waals surface area (Å²) in [4.78, 5) is 25.8. The number of piperidine rings is 1. The van der Waals surface area contributed by atoms with Crippen LogP contribution in [-0.2, 0) is 4.79 Å². The lowest BCUT2D eigenvalue weighted by molar-refractivity contribution is -0.121. The monoisotopic (exact) mass is 296 g/mol. The van der Waals surface area contributed by atoms with Gasteiger partial charge in [0, 0.05) is 18.6 Å². The van der Waals surface area contributed by atoms with E-state index < -0.39 is 6.03 Å². The van der Waals surface area contributed by atoms with Gasteiger partial charge in [0.15, 0.2) is 0 Å². The maximum Gasteiger partial charge on any atom is 0.321 e. The van der Waals surface area contributed by atoms with Crippen molar-refractivity contribution in [2.24, 2.45) is 5.92 Å². The molecule has 1 heterocycles. The van der Waals surface area contributed by atoms with E-state index in [0.717, 1.165) is 19.6 Å². The number of nitrogens with zero attached hydrogens (tertiary/aromatic N) is 1. The molecule has 0 aromatic carbocycles. The lowest BCUT2D eigenvalue weighted by Crippen LogP contribution is -2.48. The first-order valence-corrected chi connectivity index (χ1v) is 8.09. The van der Waals surface area contributed by atoms with E-state index in [0.29, 0.717) is 18.5 Å². The highest BCUT2D eigenvalue weighted by molar-refractivity contribution is 5.95. The van der Waals surface area contributed by atoms with E-state index in [1.165, 1.54) is 25.7 Å². The minimum atomic E-state index is -0.396. The molecule has 120 valence electrons. The molecule has 2 rings (SSSR count). The second kappa shape index (κ2) is 7.75. The Balaban J connectivity index is 1.76. The van der Waals surface area contributed by atoms with Gasteiger partial charge in [-0.15, -0.1) is 0 Å². The van der Waals surface area contributed by atoms with Crippen LogP contribution < -0.4 is 16.0 Å². The van der Waals surface area contributed by atoms with E-state index in [4.69, 9.17) is 0 Å². The van der Waals surface area contributed by atoms with Crippen LogP contribution in [0.25, 0.3) is 0 Å². The third-order valence-corrected chi connectivity index (χ3v) is 4.03. The molecule has 0 aromatic heterocycles. The molecule has 0 unspecified atom stereocenters. The number of carbonyl (C=O) groups is 2. The lowest BCUT2D eigenvalue weighted by Gasteiger charge is -2.29. The van der Waals surface area contributed by atoms with Gasteiger partial charge in [-0.05, 0) is 58.5 Å². The zero-order valence-electron chi connectivity index (χ0n) is 13.2. The smallest absolute Gasteiger partial charge is 0.321 e. The molecule has 2 aliphatic rings. The van der Waals surface area contributed by atoms with Crippen molar-refractivity contribution < 1.29 is 9.59 Å². The van der Waals surface area contributed by atoms with E-state index in [9.17, 15) is 9.59 Å². The minimum Gasteiger partial charge on any atom is -0.336 e. The molecule has 0 radical (unpaired) electrons. The summed E-state index contributed by atoms with van der Waals surface area (Å²) < 4.78 is 0. The van der Waals surface area contributed by atoms with E-state index in [2.05, 4.69) is 20.9 Å². The Morgan fingerprint density at radius 2 is 1.86 bits per heavy atom. The zero-order valence-corrected chi connectivity index (χ0v) is 13.2. The first-order valence-electron chi connectivity index (χ1n) is 8.09. The molecular formula is C15H28N4O2. The molecule has 1 aliphatic carbocycles. The fraction of sp³-hybridized carbons (Fsp3) is 0.867. The summed E-state index contributed by atoms with van der Waals surface area (Å²) in [5.74, 6) is 0.470. The van der Waals surface area contributed by atoms with Gasteiger partial charge in [0.25, 0.3) is 0 Å². The summed E-state index contributed by atoms with van der Waals surface area (Å²) in [5, 5.41) is 8.46. The van der Waals surface area contributed by atoms with Crippen molar-refractivity contribution in [2.45, 2.75) is 51.6 Å².